The molecule has 0 aromatic carbocycles. The first-order chi connectivity index (χ1) is 8.59. The minimum absolute atomic E-state index is 0.157. The maximum atomic E-state index is 12.2. The lowest BCUT2D eigenvalue weighted by Crippen LogP contribution is -2.49. The molecular formula is C12H16N2O3S. The summed E-state index contributed by atoms with van der Waals surface area (Å²) in [5.41, 5.74) is 1.24. The van der Waals surface area contributed by atoms with Crippen LogP contribution < -0.4 is 0 Å². The van der Waals surface area contributed by atoms with Crippen molar-refractivity contribution in [2.45, 2.75) is 26.2 Å². The maximum Gasteiger partial charge on any atom is 0.311 e. The van der Waals surface area contributed by atoms with Gasteiger partial charge >= 0.3 is 5.97 Å². The number of hydrogen-bond donors (Lipinski definition) is 1. The highest BCUT2D eigenvalue weighted by molar-refractivity contribution is 7.07. The number of aromatic nitrogens is 1. The second-order valence-electron chi connectivity index (χ2n) is 4.64. The van der Waals surface area contributed by atoms with E-state index in [-0.39, 0.29) is 12.5 Å². The van der Waals surface area contributed by atoms with Crippen molar-refractivity contribution in [3.05, 3.63) is 16.6 Å². The van der Waals surface area contributed by atoms with Gasteiger partial charge in [0.1, 0.15) is 5.69 Å². The number of hydrogen-bond acceptors (Lipinski definition) is 4. The van der Waals surface area contributed by atoms with E-state index in [0.29, 0.717) is 25.1 Å². The fourth-order valence-corrected chi connectivity index (χ4v) is 2.93. The van der Waals surface area contributed by atoms with Crippen molar-refractivity contribution in [1.82, 2.24) is 9.88 Å². The van der Waals surface area contributed by atoms with Crippen molar-refractivity contribution in [3.8, 4) is 0 Å². The van der Waals surface area contributed by atoms with E-state index < -0.39 is 11.4 Å². The van der Waals surface area contributed by atoms with Gasteiger partial charge in [0.05, 0.1) is 10.9 Å². The highest BCUT2D eigenvalue weighted by Gasteiger charge is 2.42. The summed E-state index contributed by atoms with van der Waals surface area (Å²) in [6.07, 6.45) is 1.92. The molecule has 1 aliphatic rings. The van der Waals surface area contributed by atoms with E-state index in [1.165, 1.54) is 11.3 Å². The highest BCUT2D eigenvalue weighted by Crippen LogP contribution is 2.34. The number of rotatable bonds is 3. The van der Waals surface area contributed by atoms with Gasteiger partial charge in [-0.3, -0.25) is 9.59 Å². The lowest BCUT2D eigenvalue weighted by molar-refractivity contribution is -0.152. The van der Waals surface area contributed by atoms with Crippen LogP contribution in [0.3, 0.4) is 0 Å². The summed E-state index contributed by atoms with van der Waals surface area (Å²) in [6.45, 7) is 2.77. The summed E-state index contributed by atoms with van der Waals surface area (Å²) in [5.74, 6) is -0.962. The maximum absolute atomic E-state index is 12.2. The molecule has 0 aliphatic carbocycles. The number of thiazole rings is 1. The minimum Gasteiger partial charge on any atom is -0.481 e. The average Bonchev–Trinajstić information content (AvgIpc) is 2.91. The smallest absolute Gasteiger partial charge is 0.311 e. The molecule has 98 valence electrons. The van der Waals surface area contributed by atoms with E-state index in [2.05, 4.69) is 4.98 Å². The van der Waals surface area contributed by atoms with Crippen LogP contribution in [0.25, 0.3) is 0 Å². The van der Waals surface area contributed by atoms with Crippen molar-refractivity contribution in [2.24, 2.45) is 5.41 Å². The van der Waals surface area contributed by atoms with Gasteiger partial charge in [0.2, 0.25) is 0 Å². The molecule has 0 radical (unpaired) electrons. The fourth-order valence-electron chi connectivity index (χ4n) is 2.40. The number of likely N-dealkylation sites (tertiary alicyclic amines) is 1. The van der Waals surface area contributed by atoms with E-state index >= 15 is 0 Å². The Bertz CT molecular complexity index is 446. The van der Waals surface area contributed by atoms with Crippen LogP contribution in [-0.2, 0) is 4.79 Å². The van der Waals surface area contributed by atoms with E-state index in [0.717, 1.165) is 6.42 Å². The molecule has 1 aliphatic heterocycles. The number of amides is 1. The zero-order chi connectivity index (χ0) is 13.2. The molecule has 0 spiro atoms. The second-order valence-corrected chi connectivity index (χ2v) is 5.36. The van der Waals surface area contributed by atoms with Crippen molar-refractivity contribution in [1.29, 1.82) is 0 Å². The molecule has 0 saturated carbocycles. The van der Waals surface area contributed by atoms with Crippen LogP contribution in [0.15, 0.2) is 10.9 Å². The molecule has 1 amide bonds. The van der Waals surface area contributed by atoms with Crippen molar-refractivity contribution < 1.29 is 14.7 Å². The summed E-state index contributed by atoms with van der Waals surface area (Å²) in [4.78, 5) is 29.2. The molecule has 1 aromatic heterocycles. The van der Waals surface area contributed by atoms with Gasteiger partial charge in [-0.2, -0.15) is 0 Å². The first kappa shape index (κ1) is 13.0. The van der Waals surface area contributed by atoms with Crippen LogP contribution >= 0.6 is 11.3 Å². The summed E-state index contributed by atoms with van der Waals surface area (Å²) in [5, 5.41) is 11.1. The van der Waals surface area contributed by atoms with Gasteiger partial charge in [-0.1, -0.05) is 6.92 Å². The average molecular weight is 268 g/mol. The minimum atomic E-state index is -0.805. The van der Waals surface area contributed by atoms with E-state index in [4.69, 9.17) is 0 Å². The molecule has 1 aromatic rings. The summed E-state index contributed by atoms with van der Waals surface area (Å²) in [7, 11) is 0. The molecule has 1 N–H and O–H groups in total. The highest BCUT2D eigenvalue weighted by atomic mass is 32.1. The Morgan fingerprint density at radius 3 is 2.94 bits per heavy atom. The predicted molar refractivity (Wildman–Crippen MR) is 67.6 cm³/mol. The molecule has 2 rings (SSSR count). The topological polar surface area (TPSA) is 70.5 Å². The van der Waals surface area contributed by atoms with Crippen LogP contribution in [0.4, 0.5) is 0 Å². The van der Waals surface area contributed by atoms with Gasteiger partial charge in [-0.05, 0) is 19.3 Å². The van der Waals surface area contributed by atoms with Gasteiger partial charge in [0.25, 0.3) is 5.91 Å². The predicted octanol–water partition coefficient (Wildman–Crippen LogP) is 1.86. The number of piperidine rings is 1. The molecule has 2 heterocycles. The zero-order valence-electron chi connectivity index (χ0n) is 10.3. The summed E-state index contributed by atoms with van der Waals surface area (Å²) >= 11 is 1.37. The van der Waals surface area contributed by atoms with Crippen LogP contribution in [0.5, 0.6) is 0 Å². The zero-order valence-corrected chi connectivity index (χ0v) is 11.1. The van der Waals surface area contributed by atoms with Crippen molar-refractivity contribution >= 4 is 23.2 Å². The van der Waals surface area contributed by atoms with Crippen molar-refractivity contribution in [3.63, 3.8) is 0 Å². The Morgan fingerprint density at radius 1 is 1.61 bits per heavy atom. The molecule has 0 bridgehead atoms. The molecule has 18 heavy (non-hydrogen) atoms. The molecular weight excluding hydrogens is 252 g/mol. The van der Waals surface area contributed by atoms with Crippen LogP contribution in [-0.4, -0.2) is 40.0 Å². The number of aliphatic carboxylic acids is 1. The van der Waals surface area contributed by atoms with Crippen LogP contribution in [0, 0.1) is 5.41 Å². The van der Waals surface area contributed by atoms with Crippen molar-refractivity contribution in [2.75, 3.05) is 13.1 Å². The Labute approximate surface area is 109 Å². The molecule has 1 unspecified atom stereocenters. The van der Waals surface area contributed by atoms with Gasteiger partial charge in [0.15, 0.2) is 0 Å². The monoisotopic (exact) mass is 268 g/mol. The Balaban J connectivity index is 2.16. The molecule has 1 saturated heterocycles. The number of carbonyl (C=O) groups is 2. The first-order valence-corrected chi connectivity index (χ1v) is 6.94. The number of carbonyl (C=O) groups excluding carboxylic acids is 1. The Hall–Kier alpha value is -1.43. The number of carboxylic acid groups (broad SMARTS) is 1. The molecule has 5 nitrogen and oxygen atoms in total. The lowest BCUT2D eigenvalue weighted by Gasteiger charge is -2.39. The lowest BCUT2D eigenvalue weighted by atomic mass is 9.77. The van der Waals surface area contributed by atoms with E-state index in [9.17, 15) is 14.7 Å². The number of nitrogens with zero attached hydrogens (tertiary/aromatic N) is 2. The third-order valence-electron chi connectivity index (χ3n) is 3.65. The van der Waals surface area contributed by atoms with Gasteiger partial charge in [0, 0.05) is 18.5 Å². The fraction of sp³-hybridized carbons (Fsp3) is 0.583. The third kappa shape index (κ3) is 2.25. The van der Waals surface area contributed by atoms with Gasteiger partial charge in [-0.15, -0.1) is 11.3 Å². The second kappa shape index (κ2) is 5.06. The van der Waals surface area contributed by atoms with E-state index in [1.807, 2.05) is 6.92 Å². The third-order valence-corrected chi connectivity index (χ3v) is 4.23. The Kier molecular flexibility index (Phi) is 3.65. The standard InChI is InChI=1S/C12H16N2O3S/c1-2-12(11(16)17)4-3-5-14(7-12)10(15)9-6-18-8-13-9/h6,8H,2-5,7H2,1H3,(H,16,17). The van der Waals surface area contributed by atoms with Gasteiger partial charge < -0.3 is 10.0 Å². The van der Waals surface area contributed by atoms with Crippen LogP contribution in [0.1, 0.15) is 36.7 Å². The summed E-state index contributed by atoms with van der Waals surface area (Å²) in [6, 6.07) is 0. The normalized spacial score (nSPS) is 23.9. The largest absolute Gasteiger partial charge is 0.481 e. The summed E-state index contributed by atoms with van der Waals surface area (Å²) < 4.78 is 0. The van der Waals surface area contributed by atoms with E-state index in [1.54, 1.807) is 15.8 Å². The molecule has 1 atom stereocenters. The van der Waals surface area contributed by atoms with Crippen LogP contribution in [0.2, 0.25) is 0 Å². The number of carboxylic acids is 1. The Morgan fingerprint density at radius 2 is 2.39 bits per heavy atom. The SMILES string of the molecule is CCC1(C(=O)O)CCCN(C(=O)c2cscn2)C1. The van der Waals surface area contributed by atoms with Gasteiger partial charge in [-0.25, -0.2) is 4.98 Å². The molecule has 6 heteroatoms. The first-order valence-electron chi connectivity index (χ1n) is 6.00. The quantitative estimate of drug-likeness (QED) is 0.908. The molecule has 1 fully saturated rings.